The smallest absolute Gasteiger partial charge is 0.230 e. The van der Waals surface area contributed by atoms with Crippen molar-refractivity contribution in [2.45, 2.75) is 33.3 Å². The first-order chi connectivity index (χ1) is 7.85. The van der Waals surface area contributed by atoms with Crippen molar-refractivity contribution in [3.63, 3.8) is 0 Å². The summed E-state index contributed by atoms with van der Waals surface area (Å²) in [5.41, 5.74) is 0.995. The molecular formula is C12H19N3O2. The first-order valence-electron chi connectivity index (χ1n) is 5.55. The van der Waals surface area contributed by atoms with Crippen molar-refractivity contribution in [1.82, 2.24) is 9.78 Å². The van der Waals surface area contributed by atoms with Gasteiger partial charge in [0.25, 0.3) is 0 Å². The summed E-state index contributed by atoms with van der Waals surface area (Å²) in [5, 5.41) is 13.1. The Bertz CT molecular complexity index is 424. The fraction of sp³-hybridized carbons (Fsp3) is 0.667. The molecule has 1 aromatic heterocycles. The van der Waals surface area contributed by atoms with E-state index in [4.69, 9.17) is 14.7 Å². The minimum Gasteiger partial charge on any atom is -0.474 e. The molecule has 0 radical (unpaired) electrons. The van der Waals surface area contributed by atoms with E-state index in [1.54, 1.807) is 18.7 Å². The maximum absolute atomic E-state index is 8.98. The third kappa shape index (κ3) is 3.75. The van der Waals surface area contributed by atoms with E-state index < -0.39 is 0 Å². The highest BCUT2D eigenvalue weighted by Crippen LogP contribution is 2.19. The van der Waals surface area contributed by atoms with Gasteiger partial charge in [-0.25, -0.2) is 4.68 Å². The van der Waals surface area contributed by atoms with Crippen LogP contribution in [0.1, 0.15) is 32.0 Å². The largest absolute Gasteiger partial charge is 0.474 e. The highest BCUT2D eigenvalue weighted by Gasteiger charge is 2.15. The van der Waals surface area contributed by atoms with Gasteiger partial charge in [-0.3, -0.25) is 0 Å². The van der Waals surface area contributed by atoms with E-state index in [0.29, 0.717) is 30.4 Å². The Morgan fingerprint density at radius 3 is 2.53 bits per heavy atom. The lowest BCUT2D eigenvalue weighted by Gasteiger charge is -2.19. The Kier molecular flexibility index (Phi) is 4.13. The second-order valence-corrected chi connectivity index (χ2v) is 4.81. The van der Waals surface area contributed by atoms with Crippen molar-refractivity contribution in [3.05, 3.63) is 11.3 Å². The van der Waals surface area contributed by atoms with Gasteiger partial charge in [0.2, 0.25) is 5.88 Å². The van der Waals surface area contributed by atoms with Crippen molar-refractivity contribution in [3.8, 4) is 11.9 Å². The SMILES string of the molecule is Cc1nn(C)c(OCCOC(C)(C)C)c1C#N. The Morgan fingerprint density at radius 2 is 2.00 bits per heavy atom. The molecule has 5 heteroatoms. The number of nitriles is 1. The zero-order chi connectivity index (χ0) is 13.1. The molecule has 1 heterocycles. The normalized spacial score (nSPS) is 11.3. The minimum atomic E-state index is -0.177. The lowest BCUT2D eigenvalue weighted by Crippen LogP contribution is -2.22. The number of aromatic nitrogens is 2. The van der Waals surface area contributed by atoms with Crippen LogP contribution in [0.2, 0.25) is 0 Å². The minimum absolute atomic E-state index is 0.177. The molecule has 0 amide bonds. The molecule has 94 valence electrons. The number of rotatable bonds is 4. The van der Waals surface area contributed by atoms with E-state index in [-0.39, 0.29) is 5.60 Å². The van der Waals surface area contributed by atoms with E-state index >= 15 is 0 Å². The van der Waals surface area contributed by atoms with Crippen LogP contribution in [0.5, 0.6) is 5.88 Å². The molecule has 0 atom stereocenters. The maximum Gasteiger partial charge on any atom is 0.230 e. The van der Waals surface area contributed by atoms with Crippen molar-refractivity contribution >= 4 is 0 Å². The highest BCUT2D eigenvalue weighted by atomic mass is 16.5. The van der Waals surface area contributed by atoms with Crippen LogP contribution in [-0.2, 0) is 11.8 Å². The van der Waals surface area contributed by atoms with Gasteiger partial charge in [-0.2, -0.15) is 10.4 Å². The molecule has 0 saturated carbocycles. The lowest BCUT2D eigenvalue weighted by molar-refractivity contribution is -0.0172. The molecule has 5 nitrogen and oxygen atoms in total. The topological polar surface area (TPSA) is 60.1 Å². The van der Waals surface area contributed by atoms with Gasteiger partial charge in [0.05, 0.1) is 17.9 Å². The molecule has 0 aliphatic heterocycles. The summed E-state index contributed by atoms with van der Waals surface area (Å²) in [6.07, 6.45) is 0. The molecule has 1 aromatic rings. The van der Waals surface area contributed by atoms with E-state index in [1.807, 2.05) is 20.8 Å². The van der Waals surface area contributed by atoms with Crippen LogP contribution in [0.3, 0.4) is 0 Å². The standard InChI is InChI=1S/C12H19N3O2/c1-9-10(8-13)11(15(5)14-9)16-6-7-17-12(2,3)4/h6-7H2,1-5H3. The second-order valence-electron chi connectivity index (χ2n) is 4.81. The molecule has 0 spiro atoms. The Balaban J connectivity index is 2.56. The summed E-state index contributed by atoms with van der Waals surface area (Å²) in [6.45, 7) is 8.65. The Morgan fingerprint density at radius 1 is 1.35 bits per heavy atom. The molecule has 0 N–H and O–H groups in total. The van der Waals surface area contributed by atoms with Crippen LogP contribution in [0.25, 0.3) is 0 Å². The fourth-order valence-electron chi connectivity index (χ4n) is 1.42. The maximum atomic E-state index is 8.98. The predicted molar refractivity (Wildman–Crippen MR) is 63.9 cm³/mol. The van der Waals surface area contributed by atoms with Gasteiger partial charge in [-0.1, -0.05) is 0 Å². The zero-order valence-corrected chi connectivity index (χ0v) is 11.1. The van der Waals surface area contributed by atoms with Gasteiger partial charge < -0.3 is 9.47 Å². The molecule has 0 aliphatic rings. The number of aryl methyl sites for hydroxylation is 2. The summed E-state index contributed by atoms with van der Waals surface area (Å²) < 4.78 is 12.6. The van der Waals surface area contributed by atoms with Crippen LogP contribution < -0.4 is 4.74 Å². The molecule has 0 bridgehead atoms. The first kappa shape index (κ1) is 13.5. The summed E-state index contributed by atoms with van der Waals surface area (Å²) in [7, 11) is 1.76. The molecular weight excluding hydrogens is 218 g/mol. The van der Waals surface area contributed by atoms with Crippen molar-refractivity contribution in [1.29, 1.82) is 5.26 Å². The van der Waals surface area contributed by atoms with Crippen molar-refractivity contribution in [2.75, 3.05) is 13.2 Å². The van der Waals surface area contributed by atoms with Crippen LogP contribution in [0.15, 0.2) is 0 Å². The third-order valence-electron chi connectivity index (χ3n) is 2.14. The van der Waals surface area contributed by atoms with Crippen molar-refractivity contribution in [2.24, 2.45) is 7.05 Å². The number of nitrogens with zero attached hydrogens (tertiary/aromatic N) is 3. The predicted octanol–water partition coefficient (Wildman–Crippen LogP) is 1.79. The zero-order valence-electron chi connectivity index (χ0n) is 11.1. The van der Waals surface area contributed by atoms with E-state index in [9.17, 15) is 0 Å². The monoisotopic (exact) mass is 237 g/mol. The molecule has 0 aromatic carbocycles. The lowest BCUT2D eigenvalue weighted by atomic mass is 10.2. The van der Waals surface area contributed by atoms with Gasteiger partial charge in [-0.15, -0.1) is 0 Å². The summed E-state index contributed by atoms with van der Waals surface area (Å²) >= 11 is 0. The van der Waals surface area contributed by atoms with Crippen LogP contribution in [0, 0.1) is 18.3 Å². The fourth-order valence-corrected chi connectivity index (χ4v) is 1.42. The number of ether oxygens (including phenoxy) is 2. The van der Waals surface area contributed by atoms with E-state index in [1.165, 1.54) is 0 Å². The number of hydrogen-bond donors (Lipinski definition) is 0. The number of hydrogen-bond acceptors (Lipinski definition) is 4. The quantitative estimate of drug-likeness (QED) is 0.749. The Hall–Kier alpha value is -1.54. The van der Waals surface area contributed by atoms with E-state index in [0.717, 1.165) is 0 Å². The third-order valence-corrected chi connectivity index (χ3v) is 2.14. The first-order valence-corrected chi connectivity index (χ1v) is 5.55. The highest BCUT2D eigenvalue weighted by molar-refractivity contribution is 5.41. The van der Waals surface area contributed by atoms with Crippen LogP contribution >= 0.6 is 0 Å². The summed E-state index contributed by atoms with van der Waals surface area (Å²) in [4.78, 5) is 0. The second kappa shape index (κ2) is 5.19. The average molecular weight is 237 g/mol. The van der Waals surface area contributed by atoms with Crippen LogP contribution in [0.4, 0.5) is 0 Å². The van der Waals surface area contributed by atoms with Crippen molar-refractivity contribution < 1.29 is 9.47 Å². The molecule has 0 aliphatic carbocycles. The van der Waals surface area contributed by atoms with Gasteiger partial charge in [-0.05, 0) is 27.7 Å². The average Bonchev–Trinajstić information content (AvgIpc) is 2.46. The molecule has 0 saturated heterocycles. The molecule has 1 rings (SSSR count). The van der Waals surface area contributed by atoms with Gasteiger partial charge in [0, 0.05) is 7.05 Å². The van der Waals surface area contributed by atoms with Gasteiger partial charge in [0.1, 0.15) is 18.2 Å². The molecule has 17 heavy (non-hydrogen) atoms. The van der Waals surface area contributed by atoms with Crippen LogP contribution in [-0.4, -0.2) is 28.6 Å². The van der Waals surface area contributed by atoms with E-state index in [2.05, 4.69) is 11.2 Å². The Labute approximate surface area is 102 Å². The van der Waals surface area contributed by atoms with Gasteiger partial charge in [0.15, 0.2) is 0 Å². The van der Waals surface area contributed by atoms with Gasteiger partial charge >= 0.3 is 0 Å². The molecule has 0 unspecified atom stereocenters. The molecule has 0 fully saturated rings. The summed E-state index contributed by atoms with van der Waals surface area (Å²) in [5.74, 6) is 0.502. The summed E-state index contributed by atoms with van der Waals surface area (Å²) in [6, 6.07) is 2.09.